The van der Waals surface area contributed by atoms with Crippen LogP contribution in [0.2, 0.25) is 0 Å². The summed E-state index contributed by atoms with van der Waals surface area (Å²) in [5.41, 5.74) is 1.03. The first-order chi connectivity index (χ1) is 12.0. The smallest absolute Gasteiger partial charge is 0.254 e. The van der Waals surface area contributed by atoms with Crippen LogP contribution in [0.25, 0.3) is 0 Å². The number of aromatic amines is 1. The first-order valence-corrected chi connectivity index (χ1v) is 9.62. The molecule has 3 aliphatic heterocycles. The number of hydrogen-bond donors (Lipinski definition) is 1. The van der Waals surface area contributed by atoms with Crippen molar-refractivity contribution in [3.05, 3.63) is 27.4 Å². The highest BCUT2D eigenvalue weighted by molar-refractivity contribution is 5.79. The number of carbonyl (C=O) groups is 1. The summed E-state index contributed by atoms with van der Waals surface area (Å²) in [6, 6.07) is 0.475. The number of rotatable bonds is 5. The Bertz CT molecular complexity index is 684. The molecule has 1 N–H and O–H groups in total. The molecule has 1 aromatic rings. The van der Waals surface area contributed by atoms with Crippen molar-refractivity contribution < 1.29 is 4.79 Å². The van der Waals surface area contributed by atoms with Crippen LogP contribution < -0.4 is 5.56 Å². The van der Waals surface area contributed by atoms with E-state index in [1.165, 1.54) is 12.8 Å². The van der Waals surface area contributed by atoms with Crippen LogP contribution in [0, 0.1) is 12.8 Å². The van der Waals surface area contributed by atoms with E-state index in [9.17, 15) is 9.59 Å². The number of nitrogens with one attached hydrogen (secondary N) is 1. The van der Waals surface area contributed by atoms with Crippen LogP contribution >= 0.6 is 0 Å². The first-order valence-electron chi connectivity index (χ1n) is 9.62. The van der Waals surface area contributed by atoms with Gasteiger partial charge in [0.05, 0.1) is 6.42 Å². The van der Waals surface area contributed by atoms with Gasteiger partial charge in [-0.05, 0) is 38.6 Å². The van der Waals surface area contributed by atoms with Crippen molar-refractivity contribution in [2.45, 2.75) is 58.9 Å². The molecular formula is C19H30N4O2. The van der Waals surface area contributed by atoms with E-state index >= 15 is 0 Å². The second-order valence-electron chi connectivity index (χ2n) is 7.50. The SMILES string of the molecule is CCCN1C[C@H]2CC[C@@H]1CN(C(=O)Cc1c(C)nc(CC)[nH]c1=O)C2. The second kappa shape index (κ2) is 7.68. The van der Waals surface area contributed by atoms with Crippen LogP contribution in [0.3, 0.4) is 0 Å². The van der Waals surface area contributed by atoms with E-state index in [0.717, 1.165) is 32.6 Å². The van der Waals surface area contributed by atoms with Crippen LogP contribution in [0.15, 0.2) is 4.79 Å². The summed E-state index contributed by atoms with van der Waals surface area (Å²) in [6.45, 7) is 9.84. The molecule has 3 fully saturated rings. The maximum atomic E-state index is 12.9. The summed E-state index contributed by atoms with van der Waals surface area (Å²) >= 11 is 0. The van der Waals surface area contributed by atoms with Crippen LogP contribution in [0.5, 0.6) is 0 Å². The number of H-pyrrole nitrogens is 1. The van der Waals surface area contributed by atoms with Gasteiger partial charge in [0.2, 0.25) is 5.91 Å². The maximum absolute atomic E-state index is 12.9. The quantitative estimate of drug-likeness (QED) is 0.878. The topological polar surface area (TPSA) is 69.3 Å². The van der Waals surface area contributed by atoms with Crippen molar-refractivity contribution in [1.29, 1.82) is 0 Å². The minimum Gasteiger partial charge on any atom is -0.341 e. The number of aryl methyl sites for hydroxylation is 2. The molecule has 2 bridgehead atoms. The Labute approximate surface area is 149 Å². The van der Waals surface area contributed by atoms with Gasteiger partial charge in [0, 0.05) is 43.4 Å². The number of carbonyl (C=O) groups excluding carboxylic acids is 1. The van der Waals surface area contributed by atoms with Gasteiger partial charge in [0.25, 0.3) is 5.56 Å². The summed E-state index contributed by atoms with van der Waals surface area (Å²) in [7, 11) is 0. The van der Waals surface area contributed by atoms with Gasteiger partial charge >= 0.3 is 0 Å². The van der Waals surface area contributed by atoms with Gasteiger partial charge < -0.3 is 9.88 Å². The predicted molar refractivity (Wildman–Crippen MR) is 97.6 cm³/mol. The third kappa shape index (κ3) is 3.94. The molecule has 1 aromatic heterocycles. The number of hydrogen-bond acceptors (Lipinski definition) is 4. The molecule has 138 valence electrons. The van der Waals surface area contributed by atoms with Gasteiger partial charge in [0.1, 0.15) is 5.82 Å². The van der Waals surface area contributed by atoms with E-state index in [-0.39, 0.29) is 17.9 Å². The molecule has 3 saturated heterocycles. The zero-order valence-corrected chi connectivity index (χ0v) is 15.7. The average molecular weight is 346 g/mol. The van der Waals surface area contributed by atoms with E-state index in [0.29, 0.717) is 35.5 Å². The van der Waals surface area contributed by atoms with Crippen molar-refractivity contribution >= 4 is 5.91 Å². The van der Waals surface area contributed by atoms with E-state index in [4.69, 9.17) is 0 Å². The van der Waals surface area contributed by atoms with Gasteiger partial charge in [-0.1, -0.05) is 13.8 Å². The number of amides is 1. The largest absolute Gasteiger partial charge is 0.341 e. The highest BCUT2D eigenvalue weighted by atomic mass is 16.2. The Morgan fingerprint density at radius 1 is 1.24 bits per heavy atom. The molecule has 0 unspecified atom stereocenters. The zero-order chi connectivity index (χ0) is 18.0. The molecule has 2 atom stereocenters. The number of aromatic nitrogens is 2. The lowest BCUT2D eigenvalue weighted by Gasteiger charge is -2.35. The summed E-state index contributed by atoms with van der Waals surface area (Å²) < 4.78 is 0. The highest BCUT2D eigenvalue weighted by Crippen LogP contribution is 2.28. The third-order valence-electron chi connectivity index (χ3n) is 5.62. The average Bonchev–Trinajstić information content (AvgIpc) is 2.90. The molecule has 0 radical (unpaired) electrons. The van der Waals surface area contributed by atoms with Crippen LogP contribution in [0.4, 0.5) is 0 Å². The minimum absolute atomic E-state index is 0.0647. The Kier molecular flexibility index (Phi) is 5.57. The van der Waals surface area contributed by atoms with Crippen LogP contribution in [0.1, 0.15) is 50.2 Å². The molecule has 4 heterocycles. The van der Waals surface area contributed by atoms with Crippen molar-refractivity contribution in [3.8, 4) is 0 Å². The van der Waals surface area contributed by atoms with E-state index < -0.39 is 0 Å². The van der Waals surface area contributed by atoms with E-state index in [1.807, 2.05) is 18.7 Å². The van der Waals surface area contributed by atoms with E-state index in [2.05, 4.69) is 21.8 Å². The number of nitrogens with zero attached hydrogens (tertiary/aromatic N) is 3. The number of fused-ring (bicyclic) bond motifs is 4. The van der Waals surface area contributed by atoms with Crippen molar-refractivity contribution in [1.82, 2.24) is 19.8 Å². The molecule has 0 saturated carbocycles. The lowest BCUT2D eigenvalue weighted by molar-refractivity contribution is -0.130. The molecule has 6 heteroatoms. The summed E-state index contributed by atoms with van der Waals surface area (Å²) in [6.07, 6.45) is 4.39. The van der Waals surface area contributed by atoms with Gasteiger partial charge in [-0.25, -0.2) is 4.98 Å². The third-order valence-corrected chi connectivity index (χ3v) is 5.62. The molecule has 4 rings (SSSR count). The monoisotopic (exact) mass is 346 g/mol. The van der Waals surface area contributed by atoms with Gasteiger partial charge in [-0.15, -0.1) is 0 Å². The van der Waals surface area contributed by atoms with Gasteiger partial charge in [-0.2, -0.15) is 0 Å². The zero-order valence-electron chi connectivity index (χ0n) is 15.7. The van der Waals surface area contributed by atoms with E-state index in [1.54, 1.807) is 0 Å². The van der Waals surface area contributed by atoms with Crippen molar-refractivity contribution in [3.63, 3.8) is 0 Å². The molecule has 1 amide bonds. The fourth-order valence-corrected chi connectivity index (χ4v) is 4.25. The maximum Gasteiger partial charge on any atom is 0.254 e. The summed E-state index contributed by atoms with van der Waals surface area (Å²) in [5.74, 6) is 1.31. The Balaban J connectivity index is 1.73. The molecule has 3 aliphatic rings. The normalized spacial score (nSPS) is 23.7. The minimum atomic E-state index is -0.164. The van der Waals surface area contributed by atoms with Gasteiger partial charge in [-0.3, -0.25) is 14.5 Å². The molecule has 25 heavy (non-hydrogen) atoms. The van der Waals surface area contributed by atoms with Crippen molar-refractivity contribution in [2.24, 2.45) is 5.92 Å². The molecule has 6 nitrogen and oxygen atoms in total. The predicted octanol–water partition coefficient (Wildman–Crippen LogP) is 1.52. The fourth-order valence-electron chi connectivity index (χ4n) is 4.25. The standard InChI is InChI=1S/C19H30N4O2/c1-4-8-22-10-14-6-7-15(22)12-23(11-14)18(24)9-16-13(3)20-17(5-2)21-19(16)25/h14-15H,4-12H2,1-3H3,(H,20,21,25)/t14-,15-/m1/s1. The summed E-state index contributed by atoms with van der Waals surface area (Å²) in [5, 5.41) is 0. The molecular weight excluding hydrogens is 316 g/mol. The lowest BCUT2D eigenvalue weighted by Crippen LogP contribution is -2.45. The lowest BCUT2D eigenvalue weighted by atomic mass is 9.95. The Morgan fingerprint density at radius 2 is 2.04 bits per heavy atom. The Morgan fingerprint density at radius 3 is 2.72 bits per heavy atom. The molecule has 0 aliphatic carbocycles. The molecule has 0 aromatic carbocycles. The summed E-state index contributed by atoms with van der Waals surface area (Å²) in [4.78, 5) is 37.0. The highest BCUT2D eigenvalue weighted by Gasteiger charge is 2.36. The second-order valence-corrected chi connectivity index (χ2v) is 7.50. The Hall–Kier alpha value is -1.69. The molecule has 0 spiro atoms. The first kappa shape index (κ1) is 18.1. The van der Waals surface area contributed by atoms with Gasteiger partial charge in [0.15, 0.2) is 0 Å². The van der Waals surface area contributed by atoms with Crippen molar-refractivity contribution in [2.75, 3.05) is 26.2 Å². The number of piperidine rings is 1. The fraction of sp³-hybridized carbons (Fsp3) is 0.737. The van der Waals surface area contributed by atoms with Crippen LogP contribution in [-0.2, 0) is 17.6 Å². The van der Waals surface area contributed by atoms with Crippen LogP contribution in [-0.4, -0.2) is 57.9 Å².